The van der Waals surface area contributed by atoms with Gasteiger partial charge in [-0.05, 0) is 36.1 Å². The van der Waals surface area contributed by atoms with E-state index in [1.807, 2.05) is 54.6 Å². The summed E-state index contributed by atoms with van der Waals surface area (Å²) in [7, 11) is -1.00. The maximum Gasteiger partial charge on any atom is 0.253 e. The highest BCUT2D eigenvalue weighted by Gasteiger charge is 2.29. The van der Waals surface area contributed by atoms with Crippen LogP contribution in [0.4, 0.5) is 5.69 Å². The van der Waals surface area contributed by atoms with E-state index in [0.29, 0.717) is 30.2 Å². The zero-order chi connectivity index (χ0) is 18.4. The number of hydrogen-bond donors (Lipinski definition) is 2. The van der Waals surface area contributed by atoms with Crippen molar-refractivity contribution in [3.8, 4) is 0 Å². The molecule has 1 heterocycles. The quantitative estimate of drug-likeness (QED) is 0.737. The molecule has 2 aromatic rings. The predicted octanol–water partition coefficient (Wildman–Crippen LogP) is 3.00. The number of rotatable bonds is 7. The fourth-order valence-electron chi connectivity index (χ4n) is 3.03. The van der Waals surface area contributed by atoms with E-state index in [2.05, 4.69) is 5.32 Å². The Morgan fingerprint density at radius 2 is 1.78 bits per heavy atom. The first-order valence-electron chi connectivity index (χ1n) is 8.78. The molecule has 1 saturated heterocycles. The van der Waals surface area contributed by atoms with Crippen LogP contribution in [-0.2, 0) is 31.8 Å². The SMILES string of the molecule is Cl.NC[C@H]1CC[C@@H](C(=O)Nc2cccc(CS(=O)Cc3ccccc3)c2)O1. The van der Waals surface area contributed by atoms with Gasteiger partial charge < -0.3 is 15.8 Å². The van der Waals surface area contributed by atoms with Gasteiger partial charge in [0.05, 0.1) is 6.10 Å². The van der Waals surface area contributed by atoms with Crippen molar-refractivity contribution in [2.45, 2.75) is 36.6 Å². The van der Waals surface area contributed by atoms with Crippen LogP contribution >= 0.6 is 12.4 Å². The molecule has 27 heavy (non-hydrogen) atoms. The number of nitrogens with two attached hydrogens (primary N) is 1. The van der Waals surface area contributed by atoms with Crippen LogP contribution in [0.1, 0.15) is 24.0 Å². The van der Waals surface area contributed by atoms with Crippen LogP contribution in [-0.4, -0.2) is 28.9 Å². The molecule has 3 atom stereocenters. The van der Waals surface area contributed by atoms with Crippen molar-refractivity contribution in [1.29, 1.82) is 0 Å². The third-order valence-corrected chi connectivity index (χ3v) is 5.67. The fourth-order valence-corrected chi connectivity index (χ4v) is 4.25. The number of ether oxygens (including phenoxy) is 1. The Labute approximate surface area is 168 Å². The molecule has 146 valence electrons. The molecule has 1 aliphatic heterocycles. The lowest BCUT2D eigenvalue weighted by Gasteiger charge is -2.13. The number of anilines is 1. The van der Waals surface area contributed by atoms with Gasteiger partial charge in [-0.15, -0.1) is 12.4 Å². The van der Waals surface area contributed by atoms with Gasteiger partial charge in [-0.1, -0.05) is 42.5 Å². The highest BCUT2D eigenvalue weighted by Crippen LogP contribution is 2.21. The smallest absolute Gasteiger partial charge is 0.253 e. The van der Waals surface area contributed by atoms with Crippen molar-refractivity contribution in [2.24, 2.45) is 5.73 Å². The maximum absolute atomic E-state index is 12.4. The topological polar surface area (TPSA) is 81.4 Å². The molecule has 3 rings (SSSR count). The average Bonchev–Trinajstić information content (AvgIpc) is 3.12. The molecule has 0 bridgehead atoms. The van der Waals surface area contributed by atoms with Gasteiger partial charge in [-0.25, -0.2) is 0 Å². The zero-order valence-corrected chi connectivity index (χ0v) is 16.6. The normalized spacial score (nSPS) is 19.9. The molecule has 5 nitrogen and oxygen atoms in total. The summed E-state index contributed by atoms with van der Waals surface area (Å²) in [5.41, 5.74) is 8.28. The Balaban J connectivity index is 0.00000261. The van der Waals surface area contributed by atoms with Crippen LogP contribution in [0.3, 0.4) is 0 Å². The van der Waals surface area contributed by atoms with E-state index >= 15 is 0 Å². The average molecular weight is 409 g/mol. The molecule has 2 aromatic carbocycles. The number of carbonyl (C=O) groups excluding carboxylic acids is 1. The van der Waals surface area contributed by atoms with E-state index in [1.54, 1.807) is 0 Å². The molecule has 1 fully saturated rings. The number of carbonyl (C=O) groups is 1. The molecule has 0 radical (unpaired) electrons. The van der Waals surface area contributed by atoms with E-state index in [9.17, 15) is 9.00 Å². The monoisotopic (exact) mass is 408 g/mol. The molecule has 3 N–H and O–H groups in total. The predicted molar refractivity (Wildman–Crippen MR) is 111 cm³/mol. The minimum absolute atomic E-state index is 0. The molecule has 0 aromatic heterocycles. The van der Waals surface area contributed by atoms with Gasteiger partial charge in [0.2, 0.25) is 0 Å². The van der Waals surface area contributed by atoms with Gasteiger partial charge in [-0.3, -0.25) is 9.00 Å². The molecule has 1 unspecified atom stereocenters. The summed E-state index contributed by atoms with van der Waals surface area (Å²) in [5, 5.41) is 2.89. The number of hydrogen-bond acceptors (Lipinski definition) is 4. The molecular formula is C20H25ClN2O3S. The molecule has 0 saturated carbocycles. The molecule has 1 aliphatic rings. The Morgan fingerprint density at radius 1 is 1.07 bits per heavy atom. The van der Waals surface area contributed by atoms with Crippen LogP contribution in [0.5, 0.6) is 0 Å². The van der Waals surface area contributed by atoms with Crippen LogP contribution in [0, 0.1) is 0 Å². The second kappa shape index (κ2) is 10.6. The number of halogens is 1. The minimum atomic E-state index is -1.00. The summed E-state index contributed by atoms with van der Waals surface area (Å²) in [5.74, 6) is 0.824. The summed E-state index contributed by atoms with van der Waals surface area (Å²) in [4.78, 5) is 12.3. The number of nitrogens with one attached hydrogen (secondary N) is 1. The first kappa shape index (κ1) is 21.6. The Kier molecular flexibility index (Phi) is 8.44. The molecular weight excluding hydrogens is 384 g/mol. The highest BCUT2D eigenvalue weighted by molar-refractivity contribution is 7.83. The van der Waals surface area contributed by atoms with Crippen LogP contribution in [0.25, 0.3) is 0 Å². The van der Waals surface area contributed by atoms with E-state index in [-0.39, 0.29) is 24.4 Å². The van der Waals surface area contributed by atoms with Crippen molar-refractivity contribution < 1.29 is 13.7 Å². The van der Waals surface area contributed by atoms with Crippen molar-refractivity contribution in [1.82, 2.24) is 0 Å². The summed E-state index contributed by atoms with van der Waals surface area (Å²) in [6.45, 7) is 0.437. The van der Waals surface area contributed by atoms with Crippen LogP contribution < -0.4 is 11.1 Å². The summed E-state index contributed by atoms with van der Waals surface area (Å²) in [6, 6.07) is 17.3. The highest BCUT2D eigenvalue weighted by atomic mass is 35.5. The summed E-state index contributed by atoms with van der Waals surface area (Å²) >= 11 is 0. The second-order valence-electron chi connectivity index (χ2n) is 6.46. The first-order chi connectivity index (χ1) is 12.6. The second-order valence-corrected chi connectivity index (χ2v) is 7.92. The van der Waals surface area contributed by atoms with Gasteiger partial charge in [0, 0.05) is 34.5 Å². The van der Waals surface area contributed by atoms with Gasteiger partial charge in [0.1, 0.15) is 6.10 Å². The van der Waals surface area contributed by atoms with E-state index in [0.717, 1.165) is 17.5 Å². The molecule has 7 heteroatoms. The standard InChI is InChI=1S/C20H24N2O3S.ClH/c21-12-18-9-10-19(25-18)20(23)22-17-8-4-7-16(11-17)14-26(24)13-15-5-2-1-3-6-15;/h1-8,11,18-19H,9-10,12-14,21H2,(H,22,23);1H/t18-,19+,26?;/m1./s1. The van der Waals surface area contributed by atoms with Crippen molar-refractivity contribution >= 4 is 34.8 Å². The lowest BCUT2D eigenvalue weighted by Crippen LogP contribution is -2.29. The van der Waals surface area contributed by atoms with Crippen molar-refractivity contribution in [2.75, 3.05) is 11.9 Å². The molecule has 1 amide bonds. The number of amides is 1. The maximum atomic E-state index is 12.4. The largest absolute Gasteiger partial charge is 0.364 e. The van der Waals surface area contributed by atoms with Crippen LogP contribution in [0.2, 0.25) is 0 Å². The van der Waals surface area contributed by atoms with E-state index in [4.69, 9.17) is 10.5 Å². The van der Waals surface area contributed by atoms with Crippen LogP contribution in [0.15, 0.2) is 54.6 Å². The van der Waals surface area contributed by atoms with E-state index in [1.165, 1.54) is 0 Å². The third-order valence-electron chi connectivity index (χ3n) is 4.36. The van der Waals surface area contributed by atoms with Gasteiger partial charge in [-0.2, -0.15) is 0 Å². The van der Waals surface area contributed by atoms with Gasteiger partial charge in [0.15, 0.2) is 0 Å². The number of benzene rings is 2. The Hall–Kier alpha value is -1.73. The van der Waals surface area contributed by atoms with E-state index < -0.39 is 16.9 Å². The van der Waals surface area contributed by atoms with Gasteiger partial charge in [0.25, 0.3) is 5.91 Å². The molecule has 0 aliphatic carbocycles. The van der Waals surface area contributed by atoms with Gasteiger partial charge >= 0.3 is 0 Å². The Bertz CT molecular complexity index is 773. The molecule has 0 spiro atoms. The zero-order valence-electron chi connectivity index (χ0n) is 15.0. The first-order valence-corrected chi connectivity index (χ1v) is 10.3. The lowest BCUT2D eigenvalue weighted by molar-refractivity contribution is -0.126. The third kappa shape index (κ3) is 6.43. The summed E-state index contributed by atoms with van der Waals surface area (Å²) in [6.07, 6.45) is 1.03. The lowest BCUT2D eigenvalue weighted by atomic mass is 10.1. The summed E-state index contributed by atoms with van der Waals surface area (Å²) < 4.78 is 18.0. The fraction of sp³-hybridized carbons (Fsp3) is 0.350. The van der Waals surface area contributed by atoms with Crippen molar-refractivity contribution in [3.63, 3.8) is 0 Å². The Morgan fingerprint density at radius 3 is 2.48 bits per heavy atom. The van der Waals surface area contributed by atoms with Crippen molar-refractivity contribution in [3.05, 3.63) is 65.7 Å². The minimum Gasteiger partial charge on any atom is -0.364 e.